The molecule has 1 heterocycles. The van der Waals surface area contributed by atoms with Crippen molar-refractivity contribution in [2.75, 3.05) is 5.84 Å². The molecule has 0 aliphatic carbocycles. The minimum atomic E-state index is -0.355. The molecular weight excluding hydrogens is 107 g/mol. The summed E-state index contributed by atoms with van der Waals surface area (Å²) < 4.78 is 13.1. The van der Waals surface area contributed by atoms with Gasteiger partial charge in [0, 0.05) is 6.07 Å². The molecule has 1 aromatic heterocycles. The average molecular weight is 112 g/mol. The van der Waals surface area contributed by atoms with Crippen molar-refractivity contribution in [3.05, 3.63) is 30.3 Å². The van der Waals surface area contributed by atoms with E-state index in [4.69, 9.17) is 5.84 Å². The molecule has 0 unspecified atom stereocenters. The number of hydrogen-bond acceptors (Lipinski definition) is 1. The van der Waals surface area contributed by atoms with Gasteiger partial charge in [-0.2, -0.15) is 0 Å². The Balaban J connectivity index is 3.08. The molecule has 1 aromatic rings. The Kier molecular flexibility index (Phi) is 1.12. The topological polar surface area (TPSA) is 29.9 Å². The van der Waals surface area contributed by atoms with Gasteiger partial charge in [0.1, 0.15) is 0 Å². The van der Waals surface area contributed by atoms with Gasteiger partial charge >= 0.3 is 6.20 Å². The third-order valence-electron chi connectivity index (χ3n) is 0.729. The number of hydrogen-bond donors (Lipinski definition) is 1. The van der Waals surface area contributed by atoms with E-state index in [0.717, 1.165) is 10.9 Å². The van der Waals surface area contributed by atoms with Crippen molar-refractivity contribution in [3.8, 4) is 0 Å². The molecule has 41 valence electrons. The Hall–Kier alpha value is -1.12. The maximum atomic E-state index is 12.0. The molecule has 0 bridgehead atoms. The lowest BCUT2D eigenvalue weighted by molar-refractivity contribution is -0.644. The molecule has 2 N–H and O–H groups in total. The fourth-order valence-corrected chi connectivity index (χ4v) is 0.416. The van der Waals surface area contributed by atoms with Crippen molar-refractivity contribution in [3.63, 3.8) is 0 Å². The molecular formula is C5H5FN2+. The number of rotatable bonds is 0. The van der Waals surface area contributed by atoms with Crippen LogP contribution in [0.4, 0.5) is 4.39 Å². The second-order valence-corrected chi connectivity index (χ2v) is 1.38. The fourth-order valence-electron chi connectivity index (χ4n) is 0.416. The van der Waals surface area contributed by atoms with E-state index in [1.807, 2.05) is 0 Å². The summed E-state index contributed by atoms with van der Waals surface area (Å²) in [4.78, 5) is 0. The summed E-state index contributed by atoms with van der Waals surface area (Å²) >= 11 is 0. The monoisotopic (exact) mass is 112 g/mol. The zero-order valence-corrected chi connectivity index (χ0v) is 4.13. The summed E-state index contributed by atoms with van der Waals surface area (Å²) in [5, 5.41) is 0. The van der Waals surface area contributed by atoms with Gasteiger partial charge in [0.2, 0.25) is 6.20 Å². The molecule has 0 atom stereocenters. The Labute approximate surface area is 46.3 Å². The molecule has 0 saturated heterocycles. The highest BCUT2D eigenvalue weighted by Crippen LogP contribution is 1.85. The van der Waals surface area contributed by atoms with Gasteiger partial charge in [-0.05, 0) is 6.07 Å². The SMILES string of the molecule is N[n+]1[c]ccc(F)c1. The van der Waals surface area contributed by atoms with E-state index < -0.39 is 0 Å². The molecule has 0 spiro atoms. The van der Waals surface area contributed by atoms with E-state index in [-0.39, 0.29) is 5.82 Å². The molecule has 0 aliphatic rings. The second kappa shape index (κ2) is 1.78. The summed E-state index contributed by atoms with van der Waals surface area (Å²) in [6.07, 6.45) is 3.67. The van der Waals surface area contributed by atoms with Crippen molar-refractivity contribution in [1.29, 1.82) is 0 Å². The molecule has 1 radical (unpaired) electrons. The summed E-state index contributed by atoms with van der Waals surface area (Å²) in [6, 6.07) is 2.69. The van der Waals surface area contributed by atoms with Crippen molar-refractivity contribution in [1.82, 2.24) is 0 Å². The van der Waals surface area contributed by atoms with Crippen LogP contribution in [0, 0.1) is 12.0 Å². The molecule has 3 heteroatoms. The van der Waals surface area contributed by atoms with Gasteiger partial charge in [0.15, 0.2) is 5.82 Å². The van der Waals surface area contributed by atoms with E-state index in [1.54, 1.807) is 0 Å². The number of aromatic nitrogens is 1. The van der Waals surface area contributed by atoms with Crippen LogP contribution in [0.25, 0.3) is 0 Å². The standard InChI is InChI=1S/C5H5FN2/c6-5-2-1-3-8(7)4-5/h1-2,4H,7H2/q+1. The highest BCUT2D eigenvalue weighted by Gasteiger charge is 1.94. The van der Waals surface area contributed by atoms with Crippen LogP contribution in [0.3, 0.4) is 0 Å². The number of halogens is 1. The van der Waals surface area contributed by atoms with Gasteiger partial charge in [0.25, 0.3) is 0 Å². The predicted octanol–water partition coefficient (Wildman–Crippen LogP) is -0.373. The lowest BCUT2D eigenvalue weighted by Crippen LogP contribution is -2.44. The molecule has 8 heavy (non-hydrogen) atoms. The van der Waals surface area contributed by atoms with Crippen LogP contribution >= 0.6 is 0 Å². The van der Waals surface area contributed by atoms with Gasteiger partial charge in [0.05, 0.1) is 0 Å². The summed E-state index contributed by atoms with van der Waals surface area (Å²) in [7, 11) is 0. The highest BCUT2D eigenvalue weighted by molar-refractivity contribution is 4.86. The summed E-state index contributed by atoms with van der Waals surface area (Å²) in [5.41, 5.74) is 0. The highest BCUT2D eigenvalue weighted by atomic mass is 19.1. The number of nitrogen functional groups attached to an aromatic ring is 1. The first-order chi connectivity index (χ1) is 3.79. The van der Waals surface area contributed by atoms with Crippen LogP contribution < -0.4 is 10.5 Å². The van der Waals surface area contributed by atoms with E-state index >= 15 is 0 Å². The molecule has 0 saturated carbocycles. The number of pyridine rings is 1. The van der Waals surface area contributed by atoms with E-state index in [2.05, 4.69) is 6.20 Å². The molecule has 2 nitrogen and oxygen atoms in total. The maximum absolute atomic E-state index is 12.0. The van der Waals surface area contributed by atoms with Crippen molar-refractivity contribution < 1.29 is 9.07 Å². The van der Waals surface area contributed by atoms with Crippen LogP contribution in [-0.4, -0.2) is 0 Å². The van der Waals surface area contributed by atoms with Crippen molar-refractivity contribution >= 4 is 0 Å². The minimum Gasteiger partial charge on any atom is -0.204 e. The lowest BCUT2D eigenvalue weighted by Gasteiger charge is -1.79. The van der Waals surface area contributed by atoms with Crippen LogP contribution in [0.1, 0.15) is 0 Å². The third kappa shape index (κ3) is 0.932. The van der Waals surface area contributed by atoms with Crippen molar-refractivity contribution in [2.45, 2.75) is 0 Å². The predicted molar refractivity (Wildman–Crippen MR) is 25.6 cm³/mol. The van der Waals surface area contributed by atoms with Crippen molar-refractivity contribution in [2.24, 2.45) is 0 Å². The smallest absolute Gasteiger partial charge is 0.204 e. The molecule has 1 rings (SSSR count). The van der Waals surface area contributed by atoms with E-state index in [9.17, 15) is 4.39 Å². The molecule has 0 aromatic carbocycles. The van der Waals surface area contributed by atoms with E-state index in [0.29, 0.717) is 0 Å². The van der Waals surface area contributed by atoms with Gasteiger partial charge in [-0.1, -0.05) is 4.68 Å². The molecule has 0 fully saturated rings. The van der Waals surface area contributed by atoms with E-state index in [1.165, 1.54) is 12.1 Å². The Morgan fingerprint density at radius 2 is 2.50 bits per heavy atom. The fraction of sp³-hybridized carbons (Fsp3) is 0. The van der Waals surface area contributed by atoms with Gasteiger partial charge in [-0.15, -0.1) is 0 Å². The third-order valence-corrected chi connectivity index (χ3v) is 0.729. The Morgan fingerprint density at radius 1 is 1.75 bits per heavy atom. The first-order valence-electron chi connectivity index (χ1n) is 2.13. The zero-order chi connectivity index (χ0) is 5.98. The Bertz CT molecular complexity index is 170. The van der Waals surface area contributed by atoms with Crippen LogP contribution in [-0.2, 0) is 0 Å². The summed E-state index contributed by atoms with van der Waals surface area (Å²) in [5.74, 6) is 4.72. The lowest BCUT2D eigenvalue weighted by atomic mass is 10.5. The minimum absolute atomic E-state index is 0.355. The quantitative estimate of drug-likeness (QED) is 0.360. The molecule has 0 aliphatic heterocycles. The number of nitrogens with zero attached hydrogens (tertiary/aromatic N) is 1. The van der Waals surface area contributed by atoms with Gasteiger partial charge in [-0.3, -0.25) is 0 Å². The zero-order valence-electron chi connectivity index (χ0n) is 4.13. The van der Waals surface area contributed by atoms with Crippen LogP contribution in [0.15, 0.2) is 18.3 Å². The van der Waals surface area contributed by atoms with Crippen LogP contribution in [0.2, 0.25) is 0 Å². The van der Waals surface area contributed by atoms with Gasteiger partial charge < -0.3 is 0 Å². The Morgan fingerprint density at radius 3 is 2.88 bits per heavy atom. The first kappa shape index (κ1) is 5.03. The molecule has 0 amide bonds. The van der Waals surface area contributed by atoms with Gasteiger partial charge in [-0.25, -0.2) is 10.2 Å². The summed E-state index contributed by atoms with van der Waals surface area (Å²) in [6.45, 7) is 0. The maximum Gasteiger partial charge on any atom is 0.308 e. The average Bonchev–Trinajstić information content (AvgIpc) is 1.64. The largest absolute Gasteiger partial charge is 0.308 e. The normalized spacial score (nSPS) is 9.12. The van der Waals surface area contributed by atoms with Crippen LogP contribution in [0.5, 0.6) is 0 Å². The number of nitrogens with two attached hydrogens (primary N) is 1. The first-order valence-corrected chi connectivity index (χ1v) is 2.13. The second-order valence-electron chi connectivity index (χ2n) is 1.38.